The number of carbonyl (C=O) groups excluding carboxylic acids is 6. The molecule has 1 aromatic carbocycles. The van der Waals surface area contributed by atoms with E-state index in [1.54, 1.807) is 11.8 Å². The summed E-state index contributed by atoms with van der Waals surface area (Å²) in [5.74, 6) is -3.68. The molecule has 2 aromatic rings. The standard InChI is InChI=1S/C40H55N7O6/c1-9-26-20-40(26,32(48)36(52)43-23(2)24-14-11-10-12-15-24)46-34(50)29-27-17-13-16-25(27)22-47(29)37(53)31(39(6,7)8)45-35(51)30(38(3,4)5)44-33(49)28-21-41-18-19-42-28/h10-12,14-15,18-19,21,23,25-27,29-31H,9,13,16-17,20,22H2,1-8H3,(H,43,52)(H,44,49)(H,45,51)(H,46,50)/t23-,25-,26?,27-,29-,30+,31+,40?/m0/s1. The molecule has 2 saturated carbocycles. The van der Waals surface area contributed by atoms with E-state index in [0.29, 0.717) is 19.4 Å². The highest BCUT2D eigenvalue weighted by Gasteiger charge is 2.63. The summed E-state index contributed by atoms with van der Waals surface area (Å²) in [6.45, 7) is 15.0. The van der Waals surface area contributed by atoms with Crippen LogP contribution in [0.3, 0.4) is 0 Å². The molecule has 13 nitrogen and oxygen atoms in total. The van der Waals surface area contributed by atoms with Crippen LogP contribution in [-0.4, -0.2) is 80.4 Å². The predicted molar refractivity (Wildman–Crippen MR) is 198 cm³/mol. The summed E-state index contributed by atoms with van der Waals surface area (Å²) in [5, 5.41) is 11.5. The van der Waals surface area contributed by atoms with Crippen LogP contribution >= 0.6 is 0 Å². The van der Waals surface area contributed by atoms with Crippen molar-refractivity contribution in [2.24, 2.45) is 28.6 Å². The topological polar surface area (TPSA) is 180 Å². The molecule has 0 bridgehead atoms. The van der Waals surface area contributed by atoms with Gasteiger partial charge in [0, 0.05) is 18.9 Å². The van der Waals surface area contributed by atoms with Gasteiger partial charge < -0.3 is 26.2 Å². The van der Waals surface area contributed by atoms with Gasteiger partial charge in [-0.15, -0.1) is 0 Å². The zero-order valence-electron chi connectivity index (χ0n) is 32.2. The molecule has 0 spiro atoms. The van der Waals surface area contributed by atoms with E-state index in [0.717, 1.165) is 24.8 Å². The quantitative estimate of drug-likeness (QED) is 0.240. The normalized spacial score (nSPS) is 25.3. The molecule has 8 atom stereocenters. The van der Waals surface area contributed by atoms with Crippen LogP contribution in [0.1, 0.15) is 110 Å². The number of amides is 5. The van der Waals surface area contributed by atoms with Gasteiger partial charge in [0.05, 0.1) is 12.2 Å². The lowest BCUT2D eigenvalue weighted by Crippen LogP contribution is -2.63. The number of nitrogens with zero attached hydrogens (tertiary/aromatic N) is 3. The molecule has 2 unspecified atom stereocenters. The van der Waals surface area contributed by atoms with Crippen molar-refractivity contribution in [1.29, 1.82) is 0 Å². The maximum Gasteiger partial charge on any atom is 0.290 e. The van der Waals surface area contributed by atoms with Gasteiger partial charge in [0.1, 0.15) is 29.4 Å². The van der Waals surface area contributed by atoms with Gasteiger partial charge in [-0.3, -0.25) is 33.8 Å². The largest absolute Gasteiger partial charge is 0.343 e. The van der Waals surface area contributed by atoms with Crippen molar-refractivity contribution in [1.82, 2.24) is 36.1 Å². The summed E-state index contributed by atoms with van der Waals surface area (Å²) < 4.78 is 0. The molecule has 5 rings (SSSR count). The minimum atomic E-state index is -1.35. The second-order valence-electron chi connectivity index (χ2n) is 17.2. The molecule has 13 heteroatoms. The minimum Gasteiger partial charge on any atom is -0.343 e. The summed E-state index contributed by atoms with van der Waals surface area (Å²) in [5.41, 5.74) is -1.97. The number of likely N-dealkylation sites (tertiary alicyclic amines) is 1. The first-order chi connectivity index (χ1) is 24.9. The van der Waals surface area contributed by atoms with Crippen LogP contribution in [-0.2, 0) is 24.0 Å². The maximum absolute atomic E-state index is 14.7. The van der Waals surface area contributed by atoms with E-state index in [1.165, 1.54) is 18.6 Å². The zero-order valence-corrected chi connectivity index (χ0v) is 32.2. The van der Waals surface area contributed by atoms with E-state index < -0.39 is 75.9 Å². The second-order valence-corrected chi connectivity index (χ2v) is 17.2. The Kier molecular flexibility index (Phi) is 11.4. The predicted octanol–water partition coefficient (Wildman–Crippen LogP) is 3.51. The van der Waals surface area contributed by atoms with Crippen molar-refractivity contribution < 1.29 is 28.8 Å². The van der Waals surface area contributed by atoms with Gasteiger partial charge in [-0.25, -0.2) is 4.98 Å². The molecule has 1 aromatic heterocycles. The van der Waals surface area contributed by atoms with Gasteiger partial charge in [0.2, 0.25) is 23.5 Å². The van der Waals surface area contributed by atoms with E-state index in [4.69, 9.17) is 0 Å². The second kappa shape index (κ2) is 15.4. The van der Waals surface area contributed by atoms with Crippen molar-refractivity contribution >= 4 is 35.3 Å². The molecule has 2 aliphatic carbocycles. The first-order valence-electron chi connectivity index (χ1n) is 18.8. The summed E-state index contributed by atoms with van der Waals surface area (Å²) >= 11 is 0. The van der Waals surface area contributed by atoms with E-state index >= 15 is 0 Å². The molecule has 1 aliphatic heterocycles. The molecule has 1 saturated heterocycles. The molecule has 5 amide bonds. The lowest BCUT2D eigenvalue weighted by molar-refractivity contribution is -0.146. The number of ketones is 1. The van der Waals surface area contributed by atoms with Crippen LogP contribution in [0.5, 0.6) is 0 Å². The minimum absolute atomic E-state index is 0.0517. The van der Waals surface area contributed by atoms with Crippen molar-refractivity contribution in [3.05, 3.63) is 60.2 Å². The Morgan fingerprint density at radius 1 is 0.906 bits per heavy atom. The third-order valence-electron chi connectivity index (χ3n) is 11.2. The lowest BCUT2D eigenvalue weighted by atomic mass is 9.82. The summed E-state index contributed by atoms with van der Waals surface area (Å²) in [7, 11) is 0. The number of aromatic nitrogens is 2. The third-order valence-corrected chi connectivity index (χ3v) is 11.2. The highest BCUT2D eigenvalue weighted by molar-refractivity contribution is 6.41. The summed E-state index contributed by atoms with van der Waals surface area (Å²) in [4.78, 5) is 93.0. The van der Waals surface area contributed by atoms with Crippen LogP contribution in [0.25, 0.3) is 0 Å². The fraction of sp³-hybridized carbons (Fsp3) is 0.600. The first kappa shape index (κ1) is 39.5. The van der Waals surface area contributed by atoms with Crippen LogP contribution in [0.2, 0.25) is 0 Å². The third kappa shape index (κ3) is 8.44. The molecule has 0 radical (unpaired) electrons. The number of benzene rings is 1. The van der Waals surface area contributed by atoms with Crippen molar-refractivity contribution in [3.63, 3.8) is 0 Å². The number of nitrogens with one attached hydrogen (secondary N) is 4. The van der Waals surface area contributed by atoms with Crippen molar-refractivity contribution in [2.45, 2.75) is 117 Å². The molecule has 4 N–H and O–H groups in total. The Morgan fingerprint density at radius 3 is 2.17 bits per heavy atom. The van der Waals surface area contributed by atoms with Crippen molar-refractivity contribution in [2.75, 3.05) is 6.54 Å². The summed E-state index contributed by atoms with van der Waals surface area (Å²) in [6, 6.07) is 5.96. The molecule has 3 fully saturated rings. The van der Waals surface area contributed by atoms with E-state index in [1.807, 2.05) is 78.8 Å². The molecular weight excluding hydrogens is 674 g/mol. The monoisotopic (exact) mass is 729 g/mol. The smallest absolute Gasteiger partial charge is 0.290 e. The van der Waals surface area contributed by atoms with E-state index in [2.05, 4.69) is 31.2 Å². The zero-order chi connectivity index (χ0) is 38.9. The van der Waals surface area contributed by atoms with Gasteiger partial charge in [0.25, 0.3) is 11.8 Å². The fourth-order valence-corrected chi connectivity index (χ4v) is 8.10. The number of fused-ring (bicyclic) bond motifs is 1. The number of rotatable bonds is 12. The average molecular weight is 730 g/mol. The van der Waals surface area contributed by atoms with Crippen LogP contribution < -0.4 is 21.3 Å². The Labute approximate surface area is 312 Å². The Morgan fingerprint density at radius 2 is 1.58 bits per heavy atom. The van der Waals surface area contributed by atoms with Gasteiger partial charge in [0.15, 0.2) is 0 Å². The summed E-state index contributed by atoms with van der Waals surface area (Å²) in [6.07, 6.45) is 7.58. The molecule has 286 valence electrons. The number of Topliss-reactive ketones (excluding diaryl/α,β-unsaturated/α-hetero) is 1. The highest BCUT2D eigenvalue weighted by Crippen LogP contribution is 2.48. The number of hydrogen-bond donors (Lipinski definition) is 4. The van der Waals surface area contributed by atoms with Gasteiger partial charge in [-0.05, 0) is 60.3 Å². The van der Waals surface area contributed by atoms with Crippen LogP contribution in [0.15, 0.2) is 48.9 Å². The number of carbonyl (C=O) groups is 6. The highest BCUT2D eigenvalue weighted by atomic mass is 16.2. The van der Waals surface area contributed by atoms with Crippen LogP contribution in [0.4, 0.5) is 0 Å². The van der Waals surface area contributed by atoms with Gasteiger partial charge >= 0.3 is 0 Å². The van der Waals surface area contributed by atoms with Gasteiger partial charge in [-0.1, -0.05) is 91.6 Å². The Balaban J connectivity index is 1.36. The first-order valence-corrected chi connectivity index (χ1v) is 18.8. The fourth-order valence-electron chi connectivity index (χ4n) is 8.10. The lowest BCUT2D eigenvalue weighted by Gasteiger charge is -2.38. The number of hydrogen-bond acceptors (Lipinski definition) is 8. The average Bonchev–Trinajstić information content (AvgIpc) is 3.42. The molecule has 3 aliphatic rings. The Bertz CT molecular complexity index is 1710. The van der Waals surface area contributed by atoms with Crippen molar-refractivity contribution in [3.8, 4) is 0 Å². The van der Waals surface area contributed by atoms with Gasteiger partial charge in [-0.2, -0.15) is 0 Å². The van der Waals surface area contributed by atoms with E-state index in [-0.39, 0.29) is 23.4 Å². The van der Waals surface area contributed by atoms with E-state index in [9.17, 15) is 28.8 Å². The molecule has 2 heterocycles. The molecule has 53 heavy (non-hydrogen) atoms. The Hall–Kier alpha value is -4.68. The molecular formula is C40H55N7O6. The van der Waals surface area contributed by atoms with Crippen LogP contribution in [0, 0.1) is 28.6 Å². The SMILES string of the molecule is CCC1CC1(NC(=O)[C@@H]1[C@H]2CCC[C@H]2CN1C(=O)[C@@H](NC(=O)[C@@H](NC(=O)c1cnccn1)C(C)(C)C)C(C)(C)C)C(=O)C(=O)N[C@@H](C)c1ccccc1. The maximum atomic E-state index is 14.7.